The first-order valence-electron chi connectivity index (χ1n) is 14.9. The molecule has 0 aromatic heterocycles. The van der Waals surface area contributed by atoms with Crippen molar-refractivity contribution in [2.24, 2.45) is 5.92 Å². The van der Waals surface area contributed by atoms with E-state index in [1.165, 1.54) is 16.9 Å². The number of sulfonamides is 1. The molecule has 2 aromatic carbocycles. The summed E-state index contributed by atoms with van der Waals surface area (Å²) in [5, 5.41) is 9.70. The van der Waals surface area contributed by atoms with Gasteiger partial charge in [-0.1, -0.05) is 57.9 Å². The minimum Gasteiger partial charge on any atom is -0.354 e. The summed E-state index contributed by atoms with van der Waals surface area (Å²) in [6.45, 7) is 7.30. The number of hydrogen-bond donors (Lipinski definition) is 3. The Hall–Kier alpha value is -2.91. The van der Waals surface area contributed by atoms with Gasteiger partial charge in [0.25, 0.3) is 5.91 Å². The molecule has 0 unspecified atom stereocenters. The van der Waals surface area contributed by atoms with Crippen LogP contribution in [0.5, 0.6) is 0 Å². The molecule has 8 nitrogen and oxygen atoms in total. The number of amides is 2. The van der Waals surface area contributed by atoms with Gasteiger partial charge in [-0.25, -0.2) is 8.42 Å². The molecule has 226 valence electrons. The fraction of sp³-hybridized carbons (Fsp3) is 0.562. The number of unbranched alkanes of at least 4 members (excludes halogenated alkanes) is 1. The number of carbonyl (C=O) groups is 2. The Balaban J connectivity index is 1.90. The van der Waals surface area contributed by atoms with Gasteiger partial charge in [-0.3, -0.25) is 13.9 Å². The van der Waals surface area contributed by atoms with E-state index in [1.54, 1.807) is 6.07 Å². The van der Waals surface area contributed by atoms with Crippen molar-refractivity contribution >= 4 is 27.5 Å². The van der Waals surface area contributed by atoms with Crippen LogP contribution in [0.3, 0.4) is 0 Å². The summed E-state index contributed by atoms with van der Waals surface area (Å²) < 4.78 is 25.8. The van der Waals surface area contributed by atoms with Crippen LogP contribution in [0.25, 0.3) is 0 Å². The molecule has 41 heavy (non-hydrogen) atoms. The van der Waals surface area contributed by atoms with Crippen LogP contribution in [0.1, 0.15) is 79.9 Å². The maximum atomic E-state index is 13.6. The molecule has 0 saturated heterocycles. The lowest BCUT2D eigenvalue weighted by atomic mass is 9.97. The molecule has 4 bridgehead atoms. The van der Waals surface area contributed by atoms with Gasteiger partial charge >= 0.3 is 0 Å². The van der Waals surface area contributed by atoms with Crippen LogP contribution in [0.4, 0.5) is 5.69 Å². The van der Waals surface area contributed by atoms with Crippen molar-refractivity contribution in [1.29, 1.82) is 0 Å². The monoisotopic (exact) mass is 584 g/mol. The molecule has 9 heteroatoms. The molecule has 0 radical (unpaired) electrons. The third-order valence-electron chi connectivity index (χ3n) is 7.55. The fourth-order valence-corrected chi connectivity index (χ4v) is 5.56. The van der Waals surface area contributed by atoms with E-state index in [2.05, 4.69) is 61.0 Å². The lowest BCUT2D eigenvalue weighted by Crippen LogP contribution is -2.51. The minimum absolute atomic E-state index is 0.0116. The van der Waals surface area contributed by atoms with Crippen LogP contribution in [-0.4, -0.2) is 58.7 Å². The second-order valence-corrected chi connectivity index (χ2v) is 13.8. The van der Waals surface area contributed by atoms with Crippen LogP contribution in [0.2, 0.25) is 0 Å². The van der Waals surface area contributed by atoms with Crippen molar-refractivity contribution < 1.29 is 18.0 Å². The zero-order valence-corrected chi connectivity index (χ0v) is 26.1. The number of anilines is 1. The zero-order valence-electron chi connectivity index (χ0n) is 25.3. The van der Waals surface area contributed by atoms with Gasteiger partial charge in [0.05, 0.1) is 18.0 Å². The lowest BCUT2D eigenvalue weighted by molar-refractivity contribution is -0.123. The van der Waals surface area contributed by atoms with Gasteiger partial charge in [-0.2, -0.15) is 0 Å². The third-order valence-corrected chi connectivity index (χ3v) is 8.75. The van der Waals surface area contributed by atoms with E-state index in [9.17, 15) is 18.0 Å². The molecule has 0 aliphatic carbocycles. The highest BCUT2D eigenvalue weighted by Crippen LogP contribution is 2.23. The summed E-state index contributed by atoms with van der Waals surface area (Å²) in [5.41, 5.74) is 4.24. The van der Waals surface area contributed by atoms with Crippen molar-refractivity contribution in [1.82, 2.24) is 16.0 Å². The van der Waals surface area contributed by atoms with Crippen molar-refractivity contribution in [3.8, 4) is 0 Å². The first-order valence-corrected chi connectivity index (χ1v) is 16.8. The number of fused-ring (bicyclic) bond motifs is 4. The van der Waals surface area contributed by atoms with E-state index >= 15 is 0 Å². The topological polar surface area (TPSA) is 108 Å². The second kappa shape index (κ2) is 15.4. The van der Waals surface area contributed by atoms with Gasteiger partial charge in [0.2, 0.25) is 15.9 Å². The maximum Gasteiger partial charge on any atom is 0.251 e. The molecular weight excluding hydrogens is 536 g/mol. The average molecular weight is 585 g/mol. The van der Waals surface area contributed by atoms with E-state index in [0.717, 1.165) is 62.3 Å². The lowest BCUT2D eigenvalue weighted by Gasteiger charge is -2.25. The van der Waals surface area contributed by atoms with Gasteiger partial charge in [0.15, 0.2) is 0 Å². The summed E-state index contributed by atoms with van der Waals surface area (Å²) in [6.07, 6.45) is 8.03. The van der Waals surface area contributed by atoms with Crippen molar-refractivity contribution in [2.45, 2.75) is 84.2 Å². The first-order chi connectivity index (χ1) is 19.5. The largest absolute Gasteiger partial charge is 0.354 e. The molecule has 2 amide bonds. The SMILES string of the molecule is CCCC[C@H](NC[C@H]1Cc2cccc(c2)CCCCc2cc(cc(N(C)S(C)(=O)=O)c2)C(=O)N1)C(=O)NCC(C)C. The molecule has 0 fully saturated rings. The highest BCUT2D eigenvalue weighted by atomic mass is 32.2. The van der Waals surface area contributed by atoms with Crippen molar-refractivity contribution in [3.05, 3.63) is 64.7 Å². The number of benzene rings is 2. The highest BCUT2D eigenvalue weighted by Gasteiger charge is 2.23. The molecule has 2 atom stereocenters. The quantitative estimate of drug-likeness (QED) is 0.367. The smallest absolute Gasteiger partial charge is 0.251 e. The molecule has 1 aliphatic heterocycles. The number of nitrogens with zero attached hydrogens (tertiary/aromatic N) is 1. The van der Waals surface area contributed by atoms with Gasteiger partial charge in [-0.15, -0.1) is 0 Å². The summed E-state index contributed by atoms with van der Waals surface area (Å²) in [7, 11) is -1.98. The number of nitrogens with one attached hydrogen (secondary N) is 3. The van der Waals surface area contributed by atoms with Crippen molar-refractivity contribution in [2.75, 3.05) is 30.7 Å². The standard InChI is InChI=1S/C32H48N4O4S/c1-6-7-15-30(32(38)34-21-23(2)3)33-22-28-18-25-14-10-13-24(16-25)11-8-9-12-26-17-27(31(37)35-28)20-29(19-26)36(4)41(5,39)40/h10,13-14,16-17,19-20,23,28,30,33H,6-9,11-12,15,18,21-22H2,1-5H3,(H,34,38)(H,35,37)/t28-,30+/m1/s1. The Labute approximate surface area is 246 Å². The number of carbonyl (C=O) groups excluding carboxylic acids is 2. The molecule has 0 spiro atoms. The Morgan fingerprint density at radius 3 is 2.46 bits per heavy atom. The van der Waals surface area contributed by atoms with E-state index in [-0.39, 0.29) is 23.9 Å². The Kier molecular flexibility index (Phi) is 12.2. The third kappa shape index (κ3) is 10.5. The fourth-order valence-electron chi connectivity index (χ4n) is 5.07. The van der Waals surface area contributed by atoms with Gasteiger partial charge in [0, 0.05) is 31.7 Å². The van der Waals surface area contributed by atoms with E-state index in [0.29, 0.717) is 36.7 Å². The Morgan fingerprint density at radius 2 is 1.78 bits per heavy atom. The summed E-state index contributed by atoms with van der Waals surface area (Å²) in [5.74, 6) is 0.0891. The van der Waals surface area contributed by atoms with Gasteiger partial charge in [0.1, 0.15) is 0 Å². The highest BCUT2D eigenvalue weighted by molar-refractivity contribution is 7.92. The average Bonchev–Trinajstić information content (AvgIpc) is 2.92. The van der Waals surface area contributed by atoms with E-state index in [4.69, 9.17) is 0 Å². The first kappa shape index (κ1) is 32.6. The molecule has 1 aliphatic rings. The molecular formula is C32H48N4O4S. The molecule has 3 rings (SSSR count). The van der Waals surface area contributed by atoms with E-state index in [1.807, 2.05) is 12.1 Å². The van der Waals surface area contributed by atoms with Crippen molar-refractivity contribution in [3.63, 3.8) is 0 Å². The molecule has 0 saturated carbocycles. The Bertz CT molecular complexity index is 1280. The van der Waals surface area contributed by atoms with Crippen LogP contribution >= 0.6 is 0 Å². The summed E-state index contributed by atoms with van der Waals surface area (Å²) in [4.78, 5) is 26.6. The van der Waals surface area contributed by atoms with Gasteiger partial charge < -0.3 is 16.0 Å². The minimum atomic E-state index is -3.49. The predicted molar refractivity (Wildman–Crippen MR) is 167 cm³/mol. The molecule has 3 N–H and O–H groups in total. The predicted octanol–water partition coefficient (Wildman–Crippen LogP) is 4.22. The molecule has 1 heterocycles. The van der Waals surface area contributed by atoms with Crippen LogP contribution in [0, 0.1) is 5.92 Å². The van der Waals surface area contributed by atoms with Gasteiger partial charge in [-0.05, 0) is 79.3 Å². The van der Waals surface area contributed by atoms with Crippen LogP contribution < -0.4 is 20.3 Å². The maximum absolute atomic E-state index is 13.6. The second-order valence-electron chi connectivity index (χ2n) is 11.8. The normalized spacial score (nSPS) is 16.9. The molecule has 2 aromatic rings. The summed E-state index contributed by atoms with van der Waals surface area (Å²) >= 11 is 0. The Morgan fingerprint density at radius 1 is 1.07 bits per heavy atom. The summed E-state index contributed by atoms with van der Waals surface area (Å²) in [6, 6.07) is 13.3. The number of rotatable bonds is 11. The number of hydrogen-bond acceptors (Lipinski definition) is 5. The van der Waals surface area contributed by atoms with Crippen LogP contribution in [-0.2, 0) is 34.1 Å². The number of aryl methyl sites for hydroxylation is 2. The van der Waals surface area contributed by atoms with Crippen LogP contribution in [0.15, 0.2) is 42.5 Å². The van der Waals surface area contributed by atoms with E-state index < -0.39 is 10.0 Å². The zero-order chi connectivity index (χ0) is 30.0.